The van der Waals surface area contributed by atoms with Gasteiger partial charge in [-0.2, -0.15) is 0 Å². The van der Waals surface area contributed by atoms with Crippen molar-refractivity contribution in [1.82, 2.24) is 10.9 Å². The molecule has 0 heterocycles. The van der Waals surface area contributed by atoms with Gasteiger partial charge in [-0.15, -0.1) is 11.8 Å². The van der Waals surface area contributed by atoms with E-state index >= 15 is 0 Å². The molecular weight excluding hydrogens is 332 g/mol. The van der Waals surface area contributed by atoms with Crippen LogP contribution in [-0.2, 0) is 9.59 Å². The molecule has 0 radical (unpaired) electrons. The zero-order chi connectivity index (χ0) is 16.5. The molecule has 0 atom stereocenters. The lowest BCUT2D eigenvalue weighted by molar-refractivity contribution is -0.127. The SMILES string of the molecule is O=C(CCC1CCCCC1)NNC(=O)CSc1ccc(Cl)cc1. The summed E-state index contributed by atoms with van der Waals surface area (Å²) in [7, 11) is 0. The summed E-state index contributed by atoms with van der Waals surface area (Å²) in [4.78, 5) is 24.4. The topological polar surface area (TPSA) is 58.2 Å². The van der Waals surface area contributed by atoms with E-state index in [1.807, 2.05) is 12.1 Å². The molecule has 1 aliphatic rings. The molecule has 0 saturated heterocycles. The molecule has 2 N–H and O–H groups in total. The van der Waals surface area contributed by atoms with Crippen molar-refractivity contribution < 1.29 is 9.59 Å². The van der Waals surface area contributed by atoms with Crippen LogP contribution in [0.15, 0.2) is 29.2 Å². The molecule has 0 aromatic heterocycles. The molecule has 2 rings (SSSR count). The summed E-state index contributed by atoms with van der Waals surface area (Å²) in [6, 6.07) is 7.30. The number of benzene rings is 1. The van der Waals surface area contributed by atoms with Gasteiger partial charge >= 0.3 is 0 Å². The highest BCUT2D eigenvalue weighted by atomic mass is 35.5. The minimum atomic E-state index is -0.212. The number of thioether (sulfide) groups is 1. The highest BCUT2D eigenvalue weighted by Gasteiger charge is 2.15. The number of rotatable bonds is 6. The van der Waals surface area contributed by atoms with E-state index in [1.54, 1.807) is 12.1 Å². The van der Waals surface area contributed by atoms with Crippen molar-refractivity contribution in [3.8, 4) is 0 Å². The third-order valence-electron chi connectivity index (χ3n) is 4.03. The Morgan fingerprint density at radius 1 is 1.04 bits per heavy atom. The van der Waals surface area contributed by atoms with E-state index in [2.05, 4.69) is 10.9 Å². The standard InChI is InChI=1S/C17H23ClN2O2S/c18-14-7-9-15(10-8-14)23-12-17(22)20-19-16(21)11-6-13-4-2-1-3-5-13/h7-10,13H,1-6,11-12H2,(H,19,21)(H,20,22). The number of carbonyl (C=O) groups excluding carboxylic acids is 2. The average Bonchev–Trinajstić information content (AvgIpc) is 2.58. The number of halogens is 1. The molecule has 1 aromatic carbocycles. The van der Waals surface area contributed by atoms with Gasteiger partial charge in [-0.05, 0) is 36.6 Å². The van der Waals surface area contributed by atoms with Crippen LogP contribution in [-0.4, -0.2) is 17.6 Å². The van der Waals surface area contributed by atoms with E-state index in [-0.39, 0.29) is 17.6 Å². The lowest BCUT2D eigenvalue weighted by Crippen LogP contribution is -2.42. The lowest BCUT2D eigenvalue weighted by Gasteiger charge is -2.20. The van der Waals surface area contributed by atoms with Crippen molar-refractivity contribution in [2.45, 2.75) is 49.8 Å². The Hall–Kier alpha value is -1.20. The normalized spacial score (nSPS) is 15.2. The van der Waals surface area contributed by atoms with E-state index in [9.17, 15) is 9.59 Å². The third-order valence-corrected chi connectivity index (χ3v) is 5.29. The molecule has 0 spiro atoms. The smallest absolute Gasteiger partial charge is 0.248 e. The van der Waals surface area contributed by atoms with Crippen LogP contribution in [0.5, 0.6) is 0 Å². The molecule has 0 aliphatic heterocycles. The summed E-state index contributed by atoms with van der Waals surface area (Å²) in [5.41, 5.74) is 4.96. The summed E-state index contributed by atoms with van der Waals surface area (Å²) >= 11 is 7.21. The van der Waals surface area contributed by atoms with Gasteiger partial charge in [0.1, 0.15) is 0 Å². The first-order valence-corrected chi connectivity index (χ1v) is 9.46. The fraction of sp³-hybridized carbons (Fsp3) is 0.529. The Labute approximate surface area is 146 Å². The average molecular weight is 355 g/mol. The fourth-order valence-corrected chi connectivity index (χ4v) is 3.55. The van der Waals surface area contributed by atoms with Crippen LogP contribution < -0.4 is 10.9 Å². The first-order valence-electron chi connectivity index (χ1n) is 8.09. The van der Waals surface area contributed by atoms with Crippen LogP contribution in [0.2, 0.25) is 5.02 Å². The van der Waals surface area contributed by atoms with Gasteiger partial charge in [-0.3, -0.25) is 20.4 Å². The highest BCUT2D eigenvalue weighted by Crippen LogP contribution is 2.27. The zero-order valence-electron chi connectivity index (χ0n) is 13.1. The Morgan fingerprint density at radius 3 is 2.39 bits per heavy atom. The summed E-state index contributed by atoms with van der Waals surface area (Å²) in [5, 5.41) is 0.670. The second-order valence-electron chi connectivity index (χ2n) is 5.88. The maximum atomic E-state index is 11.8. The lowest BCUT2D eigenvalue weighted by atomic mass is 9.86. The first kappa shape index (κ1) is 18.1. The number of amides is 2. The van der Waals surface area contributed by atoms with Crippen molar-refractivity contribution >= 4 is 35.2 Å². The van der Waals surface area contributed by atoms with E-state index < -0.39 is 0 Å². The summed E-state index contributed by atoms with van der Waals surface area (Å²) in [6.07, 6.45) is 7.76. The summed E-state index contributed by atoms with van der Waals surface area (Å²) in [5.74, 6) is 0.604. The van der Waals surface area contributed by atoms with Gasteiger partial charge in [0.25, 0.3) is 0 Å². The molecule has 1 saturated carbocycles. The molecule has 126 valence electrons. The van der Waals surface area contributed by atoms with E-state index in [0.717, 1.165) is 11.3 Å². The summed E-state index contributed by atoms with van der Waals surface area (Å²) in [6.45, 7) is 0. The Kier molecular flexibility index (Phi) is 7.76. The number of nitrogens with one attached hydrogen (secondary N) is 2. The van der Waals surface area contributed by atoms with E-state index in [1.165, 1.54) is 43.9 Å². The molecule has 4 nitrogen and oxygen atoms in total. The molecule has 0 unspecified atom stereocenters. The van der Waals surface area contributed by atoms with Crippen LogP contribution in [0.3, 0.4) is 0 Å². The van der Waals surface area contributed by atoms with Crippen molar-refractivity contribution in [2.24, 2.45) is 5.92 Å². The summed E-state index contributed by atoms with van der Waals surface area (Å²) < 4.78 is 0. The first-order chi connectivity index (χ1) is 11.1. The van der Waals surface area contributed by atoms with Gasteiger partial charge in [0.05, 0.1) is 5.75 Å². The van der Waals surface area contributed by atoms with Crippen molar-refractivity contribution in [1.29, 1.82) is 0 Å². The molecule has 6 heteroatoms. The highest BCUT2D eigenvalue weighted by molar-refractivity contribution is 8.00. The van der Waals surface area contributed by atoms with Gasteiger partial charge in [0.2, 0.25) is 11.8 Å². The Balaban J connectivity index is 1.57. The van der Waals surface area contributed by atoms with Gasteiger partial charge in [-0.25, -0.2) is 0 Å². The third kappa shape index (κ3) is 7.27. The maximum absolute atomic E-state index is 11.8. The fourth-order valence-electron chi connectivity index (χ4n) is 2.73. The second-order valence-corrected chi connectivity index (χ2v) is 7.37. The molecule has 2 amide bonds. The second kappa shape index (κ2) is 9.83. The Morgan fingerprint density at radius 2 is 1.70 bits per heavy atom. The number of hydrogen-bond acceptors (Lipinski definition) is 3. The van der Waals surface area contributed by atoms with Gasteiger partial charge < -0.3 is 0 Å². The molecular formula is C17H23ClN2O2S. The van der Waals surface area contributed by atoms with E-state index in [4.69, 9.17) is 11.6 Å². The van der Waals surface area contributed by atoms with Gasteiger partial charge in [-0.1, -0.05) is 43.7 Å². The quantitative estimate of drug-likeness (QED) is 0.601. The maximum Gasteiger partial charge on any atom is 0.248 e. The van der Waals surface area contributed by atoms with Crippen molar-refractivity contribution in [2.75, 3.05) is 5.75 Å². The molecule has 23 heavy (non-hydrogen) atoms. The minimum absolute atomic E-state index is 0.111. The molecule has 1 aromatic rings. The molecule has 1 aliphatic carbocycles. The predicted molar refractivity (Wildman–Crippen MR) is 94.3 cm³/mol. The van der Waals surface area contributed by atoms with Crippen LogP contribution in [0.4, 0.5) is 0 Å². The number of carbonyl (C=O) groups is 2. The predicted octanol–water partition coefficient (Wildman–Crippen LogP) is 3.94. The van der Waals surface area contributed by atoms with Crippen molar-refractivity contribution in [3.05, 3.63) is 29.3 Å². The minimum Gasteiger partial charge on any atom is -0.273 e. The van der Waals surface area contributed by atoms with Crippen molar-refractivity contribution in [3.63, 3.8) is 0 Å². The van der Waals surface area contributed by atoms with Crippen LogP contribution >= 0.6 is 23.4 Å². The monoisotopic (exact) mass is 354 g/mol. The molecule has 1 fully saturated rings. The largest absolute Gasteiger partial charge is 0.273 e. The van der Waals surface area contributed by atoms with E-state index in [0.29, 0.717) is 17.4 Å². The van der Waals surface area contributed by atoms with Crippen LogP contribution in [0, 0.1) is 5.92 Å². The Bertz CT molecular complexity index is 516. The van der Waals surface area contributed by atoms with Gasteiger partial charge in [0, 0.05) is 16.3 Å². The van der Waals surface area contributed by atoms with Crippen LogP contribution in [0.25, 0.3) is 0 Å². The van der Waals surface area contributed by atoms with Crippen LogP contribution in [0.1, 0.15) is 44.9 Å². The number of hydrogen-bond donors (Lipinski definition) is 2. The molecule has 0 bridgehead atoms. The number of hydrazine groups is 1. The zero-order valence-corrected chi connectivity index (χ0v) is 14.7. The van der Waals surface area contributed by atoms with Gasteiger partial charge in [0.15, 0.2) is 0 Å².